The van der Waals surface area contributed by atoms with Crippen molar-refractivity contribution in [2.75, 3.05) is 6.54 Å². The minimum absolute atomic E-state index is 0.320. The molecule has 0 saturated carbocycles. The van der Waals surface area contributed by atoms with E-state index in [1.165, 1.54) is 0 Å². The number of hydrogen-bond acceptors (Lipinski definition) is 3. The lowest BCUT2D eigenvalue weighted by atomic mass is 10.2. The highest BCUT2D eigenvalue weighted by atomic mass is 16.4. The standard InChI is InChI=1S/C9H18N2O3/c1-2-3-4-5-11-9(14)7(10)6-8(12)13/h7H,2-6,10H2,1H3,(H,11,14)(H,12,13). The van der Waals surface area contributed by atoms with E-state index in [0.717, 1.165) is 19.3 Å². The number of rotatable bonds is 7. The van der Waals surface area contributed by atoms with Crippen LogP contribution >= 0.6 is 0 Å². The fraction of sp³-hybridized carbons (Fsp3) is 0.778. The summed E-state index contributed by atoms with van der Waals surface area (Å²) in [6.45, 7) is 2.64. The number of carbonyl (C=O) groups is 2. The number of nitrogens with two attached hydrogens (primary N) is 1. The lowest BCUT2D eigenvalue weighted by Gasteiger charge is -2.09. The Labute approximate surface area is 83.7 Å². The van der Waals surface area contributed by atoms with Gasteiger partial charge in [0.05, 0.1) is 12.5 Å². The molecule has 0 spiro atoms. The molecule has 4 N–H and O–H groups in total. The zero-order valence-electron chi connectivity index (χ0n) is 8.45. The molecule has 0 radical (unpaired) electrons. The number of nitrogens with one attached hydrogen (secondary N) is 1. The molecule has 0 fully saturated rings. The van der Waals surface area contributed by atoms with Gasteiger partial charge in [0, 0.05) is 6.54 Å². The first-order chi connectivity index (χ1) is 6.57. The zero-order valence-corrected chi connectivity index (χ0v) is 8.45. The summed E-state index contributed by atoms with van der Waals surface area (Å²) in [5, 5.41) is 11.0. The molecule has 0 aromatic heterocycles. The van der Waals surface area contributed by atoms with Crippen molar-refractivity contribution in [3.8, 4) is 0 Å². The second-order valence-electron chi connectivity index (χ2n) is 3.20. The Bertz CT molecular complexity index is 194. The van der Waals surface area contributed by atoms with Crippen LogP contribution in [-0.2, 0) is 9.59 Å². The molecular formula is C9H18N2O3. The van der Waals surface area contributed by atoms with Crippen LogP contribution in [0, 0.1) is 0 Å². The minimum Gasteiger partial charge on any atom is -0.481 e. The molecule has 0 aromatic rings. The number of amides is 1. The molecule has 0 heterocycles. The predicted octanol–water partition coefficient (Wildman–Crippen LogP) is 0.0948. The van der Waals surface area contributed by atoms with Crippen LogP contribution in [0.2, 0.25) is 0 Å². The second kappa shape index (κ2) is 7.32. The Morgan fingerprint density at radius 1 is 1.43 bits per heavy atom. The number of aliphatic carboxylic acids is 1. The predicted molar refractivity (Wildman–Crippen MR) is 52.8 cm³/mol. The fourth-order valence-electron chi connectivity index (χ4n) is 0.999. The monoisotopic (exact) mass is 202 g/mol. The molecule has 1 unspecified atom stereocenters. The summed E-state index contributed by atoms with van der Waals surface area (Å²) >= 11 is 0. The van der Waals surface area contributed by atoms with Crippen molar-refractivity contribution >= 4 is 11.9 Å². The Hall–Kier alpha value is -1.10. The zero-order chi connectivity index (χ0) is 11.0. The van der Waals surface area contributed by atoms with Gasteiger partial charge in [-0.05, 0) is 6.42 Å². The average molecular weight is 202 g/mol. The van der Waals surface area contributed by atoms with Gasteiger partial charge in [0.1, 0.15) is 0 Å². The molecule has 0 aliphatic carbocycles. The van der Waals surface area contributed by atoms with Crippen molar-refractivity contribution in [1.29, 1.82) is 0 Å². The first kappa shape index (κ1) is 12.9. The van der Waals surface area contributed by atoms with Gasteiger partial charge >= 0.3 is 5.97 Å². The molecule has 82 valence electrons. The lowest BCUT2D eigenvalue weighted by Crippen LogP contribution is -2.42. The van der Waals surface area contributed by atoms with Crippen LogP contribution in [0.1, 0.15) is 32.6 Å². The molecule has 5 heteroatoms. The maximum absolute atomic E-state index is 11.1. The highest BCUT2D eigenvalue weighted by molar-refractivity contribution is 5.85. The molecule has 0 saturated heterocycles. The van der Waals surface area contributed by atoms with Gasteiger partial charge in [-0.2, -0.15) is 0 Å². The third-order valence-corrected chi connectivity index (χ3v) is 1.81. The molecule has 5 nitrogen and oxygen atoms in total. The molecule has 0 aromatic carbocycles. The normalized spacial score (nSPS) is 12.1. The quantitative estimate of drug-likeness (QED) is 0.510. The molecule has 14 heavy (non-hydrogen) atoms. The van der Waals surface area contributed by atoms with Crippen LogP contribution in [0.3, 0.4) is 0 Å². The van der Waals surface area contributed by atoms with Crippen molar-refractivity contribution in [3.63, 3.8) is 0 Å². The summed E-state index contributed by atoms with van der Waals surface area (Å²) in [6, 6.07) is -0.936. The third-order valence-electron chi connectivity index (χ3n) is 1.81. The number of carbonyl (C=O) groups excluding carboxylic acids is 1. The summed E-state index contributed by atoms with van der Waals surface area (Å²) in [6.07, 6.45) is 2.72. The van der Waals surface area contributed by atoms with E-state index in [1.54, 1.807) is 0 Å². The smallest absolute Gasteiger partial charge is 0.305 e. The van der Waals surface area contributed by atoms with Gasteiger partial charge in [0.2, 0.25) is 5.91 Å². The molecule has 0 aliphatic rings. The first-order valence-corrected chi connectivity index (χ1v) is 4.83. The highest BCUT2D eigenvalue weighted by Gasteiger charge is 2.15. The summed E-state index contributed by atoms with van der Waals surface area (Å²) < 4.78 is 0. The molecule has 0 rings (SSSR count). The fourth-order valence-corrected chi connectivity index (χ4v) is 0.999. The minimum atomic E-state index is -1.05. The Morgan fingerprint density at radius 3 is 2.57 bits per heavy atom. The van der Waals surface area contributed by atoms with Crippen molar-refractivity contribution in [1.82, 2.24) is 5.32 Å². The van der Waals surface area contributed by atoms with Crippen molar-refractivity contribution in [2.24, 2.45) is 5.73 Å². The first-order valence-electron chi connectivity index (χ1n) is 4.83. The number of carboxylic acid groups (broad SMARTS) is 1. The average Bonchev–Trinajstić information content (AvgIpc) is 2.11. The van der Waals surface area contributed by atoms with Crippen LogP contribution < -0.4 is 11.1 Å². The van der Waals surface area contributed by atoms with Crippen molar-refractivity contribution < 1.29 is 14.7 Å². The van der Waals surface area contributed by atoms with Crippen LogP contribution in [0.15, 0.2) is 0 Å². The maximum atomic E-state index is 11.1. The summed E-state index contributed by atoms with van der Waals surface area (Å²) in [4.78, 5) is 21.4. The molecule has 0 bridgehead atoms. The van der Waals surface area contributed by atoms with Gasteiger partial charge in [-0.25, -0.2) is 0 Å². The summed E-state index contributed by atoms with van der Waals surface area (Å²) in [7, 11) is 0. The molecule has 1 atom stereocenters. The third kappa shape index (κ3) is 6.42. The summed E-state index contributed by atoms with van der Waals surface area (Å²) in [5.74, 6) is -1.44. The number of carboxylic acids is 1. The van der Waals surface area contributed by atoms with Gasteiger partial charge in [0.15, 0.2) is 0 Å². The Kier molecular flexibility index (Phi) is 6.74. The maximum Gasteiger partial charge on any atom is 0.305 e. The van der Waals surface area contributed by atoms with Crippen LogP contribution in [0.5, 0.6) is 0 Å². The van der Waals surface area contributed by atoms with Crippen LogP contribution in [0.4, 0.5) is 0 Å². The Morgan fingerprint density at radius 2 is 2.07 bits per heavy atom. The van der Waals surface area contributed by atoms with E-state index < -0.39 is 12.0 Å². The van der Waals surface area contributed by atoms with E-state index in [4.69, 9.17) is 10.8 Å². The van der Waals surface area contributed by atoms with E-state index in [9.17, 15) is 9.59 Å². The lowest BCUT2D eigenvalue weighted by molar-refractivity contribution is -0.139. The summed E-state index contributed by atoms with van der Waals surface area (Å²) in [5.41, 5.74) is 5.34. The topological polar surface area (TPSA) is 92.4 Å². The van der Waals surface area contributed by atoms with Crippen molar-refractivity contribution in [3.05, 3.63) is 0 Å². The highest BCUT2D eigenvalue weighted by Crippen LogP contribution is 1.92. The van der Waals surface area contributed by atoms with E-state index in [0.29, 0.717) is 6.54 Å². The largest absolute Gasteiger partial charge is 0.481 e. The number of hydrogen-bond donors (Lipinski definition) is 3. The van der Waals surface area contributed by atoms with Gasteiger partial charge < -0.3 is 16.2 Å². The number of unbranched alkanes of at least 4 members (excludes halogenated alkanes) is 2. The molecule has 1 amide bonds. The van der Waals surface area contributed by atoms with E-state index in [-0.39, 0.29) is 12.3 Å². The molecular weight excluding hydrogens is 184 g/mol. The Balaban J connectivity index is 3.57. The van der Waals surface area contributed by atoms with Crippen LogP contribution in [0.25, 0.3) is 0 Å². The van der Waals surface area contributed by atoms with Crippen LogP contribution in [-0.4, -0.2) is 29.6 Å². The van der Waals surface area contributed by atoms with Gasteiger partial charge in [-0.3, -0.25) is 9.59 Å². The van der Waals surface area contributed by atoms with Crippen molar-refractivity contribution in [2.45, 2.75) is 38.6 Å². The SMILES string of the molecule is CCCCCNC(=O)C(N)CC(=O)O. The second-order valence-corrected chi connectivity index (χ2v) is 3.20. The van der Waals surface area contributed by atoms with E-state index >= 15 is 0 Å². The van der Waals surface area contributed by atoms with Gasteiger partial charge in [-0.1, -0.05) is 19.8 Å². The van der Waals surface area contributed by atoms with Gasteiger partial charge in [0.25, 0.3) is 0 Å². The van der Waals surface area contributed by atoms with Gasteiger partial charge in [-0.15, -0.1) is 0 Å². The molecule has 0 aliphatic heterocycles. The van der Waals surface area contributed by atoms with E-state index in [2.05, 4.69) is 12.2 Å². The van der Waals surface area contributed by atoms with E-state index in [1.807, 2.05) is 0 Å².